The molecule has 0 unspecified atom stereocenters. The molecule has 2 heterocycles. The minimum Gasteiger partial charge on any atom is -0.256 e. The highest BCUT2D eigenvalue weighted by molar-refractivity contribution is 5.70. The molecule has 0 saturated heterocycles. The summed E-state index contributed by atoms with van der Waals surface area (Å²) in [6.45, 7) is 0. The molecule has 0 atom stereocenters. The average Bonchev–Trinajstić information content (AvgIpc) is 2.70. The summed E-state index contributed by atoms with van der Waals surface area (Å²) in [5, 5.41) is 0. The third-order valence-corrected chi connectivity index (χ3v) is 4.07. The number of hydrogen-bond acceptors (Lipinski definition) is 2. The number of benzene rings is 2. The Bertz CT molecular complexity index is 978. The summed E-state index contributed by atoms with van der Waals surface area (Å²) in [6, 6.07) is 24.5. The van der Waals surface area contributed by atoms with Gasteiger partial charge in [-0.25, -0.2) is 4.39 Å². The Kier molecular flexibility index (Phi) is 4.05. The quantitative estimate of drug-likeness (QED) is 0.488. The average molecular weight is 326 g/mol. The van der Waals surface area contributed by atoms with Gasteiger partial charge in [0.2, 0.25) is 0 Å². The molecule has 0 N–H and O–H groups in total. The van der Waals surface area contributed by atoms with Crippen molar-refractivity contribution >= 4 is 0 Å². The molecule has 4 rings (SSSR count). The van der Waals surface area contributed by atoms with Gasteiger partial charge in [0.1, 0.15) is 5.82 Å². The Balaban J connectivity index is 1.65. The molecule has 0 aliphatic heterocycles. The standard InChI is InChI=1S/C22H15FN2/c23-20-9-6-16(7-10-20)19-8-11-21(25-15-19)18-12-13-24-22(14-18)17-4-2-1-3-5-17/h1-15H. The zero-order chi connectivity index (χ0) is 17.1. The van der Waals surface area contributed by atoms with Crippen molar-refractivity contribution in [3.8, 4) is 33.6 Å². The van der Waals surface area contributed by atoms with Crippen molar-refractivity contribution in [2.45, 2.75) is 0 Å². The predicted molar refractivity (Wildman–Crippen MR) is 98.3 cm³/mol. The molecule has 120 valence electrons. The van der Waals surface area contributed by atoms with E-state index in [0.29, 0.717) is 0 Å². The van der Waals surface area contributed by atoms with Crippen molar-refractivity contribution < 1.29 is 4.39 Å². The number of rotatable bonds is 3. The normalized spacial score (nSPS) is 10.6. The van der Waals surface area contributed by atoms with Crippen molar-refractivity contribution in [2.75, 3.05) is 0 Å². The molecule has 25 heavy (non-hydrogen) atoms. The summed E-state index contributed by atoms with van der Waals surface area (Å²) in [4.78, 5) is 9.01. The van der Waals surface area contributed by atoms with Crippen molar-refractivity contribution in [3.63, 3.8) is 0 Å². The summed E-state index contributed by atoms with van der Waals surface area (Å²) in [6.07, 6.45) is 3.61. The Hall–Kier alpha value is -3.33. The summed E-state index contributed by atoms with van der Waals surface area (Å²) in [7, 11) is 0. The molecular formula is C22H15FN2. The summed E-state index contributed by atoms with van der Waals surface area (Å²) >= 11 is 0. The number of hydrogen-bond donors (Lipinski definition) is 0. The van der Waals surface area contributed by atoms with Crippen LogP contribution in [0.2, 0.25) is 0 Å². The van der Waals surface area contributed by atoms with Crippen LogP contribution in [0.1, 0.15) is 0 Å². The van der Waals surface area contributed by atoms with Gasteiger partial charge in [-0.05, 0) is 35.9 Å². The Morgan fingerprint density at radius 3 is 2.04 bits per heavy atom. The first-order chi connectivity index (χ1) is 12.3. The predicted octanol–water partition coefficient (Wildman–Crippen LogP) is 5.62. The van der Waals surface area contributed by atoms with E-state index < -0.39 is 0 Å². The monoisotopic (exact) mass is 326 g/mol. The van der Waals surface area contributed by atoms with Crippen LogP contribution in [0, 0.1) is 5.82 Å². The second kappa shape index (κ2) is 6.65. The van der Waals surface area contributed by atoms with Gasteiger partial charge in [-0.1, -0.05) is 48.5 Å². The number of pyridine rings is 2. The first kappa shape index (κ1) is 15.2. The number of nitrogens with zero attached hydrogens (tertiary/aromatic N) is 2. The van der Waals surface area contributed by atoms with Crippen LogP contribution in [0.4, 0.5) is 4.39 Å². The molecule has 3 heteroatoms. The van der Waals surface area contributed by atoms with Crippen molar-refractivity contribution in [2.24, 2.45) is 0 Å². The molecule has 4 aromatic rings. The van der Waals surface area contributed by atoms with Crippen LogP contribution in [-0.4, -0.2) is 9.97 Å². The first-order valence-corrected chi connectivity index (χ1v) is 8.03. The van der Waals surface area contributed by atoms with Gasteiger partial charge in [0.15, 0.2) is 0 Å². The van der Waals surface area contributed by atoms with Crippen LogP contribution in [-0.2, 0) is 0 Å². The zero-order valence-corrected chi connectivity index (χ0v) is 13.4. The van der Waals surface area contributed by atoms with Crippen LogP contribution < -0.4 is 0 Å². The summed E-state index contributed by atoms with van der Waals surface area (Å²) in [5.41, 5.74) is 5.79. The maximum atomic E-state index is 13.0. The maximum absolute atomic E-state index is 13.0. The van der Waals surface area contributed by atoms with Gasteiger partial charge in [-0.2, -0.15) is 0 Å². The zero-order valence-electron chi connectivity index (χ0n) is 13.4. The van der Waals surface area contributed by atoms with Gasteiger partial charge in [-0.15, -0.1) is 0 Å². The molecule has 0 amide bonds. The fourth-order valence-electron chi connectivity index (χ4n) is 2.73. The molecule has 0 spiro atoms. The van der Waals surface area contributed by atoms with Crippen molar-refractivity contribution in [3.05, 3.63) is 97.1 Å². The number of aromatic nitrogens is 2. The second-order valence-electron chi connectivity index (χ2n) is 5.73. The van der Waals surface area contributed by atoms with Gasteiger partial charge in [0.05, 0.1) is 11.4 Å². The first-order valence-electron chi connectivity index (χ1n) is 8.03. The Morgan fingerprint density at radius 2 is 1.32 bits per heavy atom. The molecule has 0 saturated carbocycles. The maximum Gasteiger partial charge on any atom is 0.123 e. The van der Waals surface area contributed by atoms with E-state index in [4.69, 9.17) is 0 Å². The molecular weight excluding hydrogens is 311 g/mol. The Labute approximate surface area is 145 Å². The largest absolute Gasteiger partial charge is 0.256 e. The molecule has 2 aromatic heterocycles. The fraction of sp³-hybridized carbons (Fsp3) is 0. The molecule has 0 bridgehead atoms. The van der Waals surface area contributed by atoms with E-state index in [0.717, 1.165) is 33.6 Å². The molecule has 2 nitrogen and oxygen atoms in total. The highest BCUT2D eigenvalue weighted by Crippen LogP contribution is 2.25. The molecule has 2 aromatic carbocycles. The minimum absolute atomic E-state index is 0.237. The smallest absolute Gasteiger partial charge is 0.123 e. The SMILES string of the molecule is Fc1ccc(-c2ccc(-c3ccnc(-c4ccccc4)c3)nc2)cc1. The van der Waals surface area contributed by atoms with Crippen LogP contribution in [0.3, 0.4) is 0 Å². The van der Waals surface area contributed by atoms with Crippen molar-refractivity contribution in [1.82, 2.24) is 9.97 Å². The Morgan fingerprint density at radius 1 is 0.560 bits per heavy atom. The highest BCUT2D eigenvalue weighted by Gasteiger charge is 2.05. The summed E-state index contributed by atoms with van der Waals surface area (Å²) in [5.74, 6) is -0.237. The van der Waals surface area contributed by atoms with Gasteiger partial charge in [0, 0.05) is 29.1 Å². The lowest BCUT2D eigenvalue weighted by molar-refractivity contribution is 0.628. The van der Waals surface area contributed by atoms with E-state index in [1.807, 2.05) is 60.8 Å². The van der Waals surface area contributed by atoms with Gasteiger partial charge in [-0.3, -0.25) is 9.97 Å². The number of halogens is 1. The fourth-order valence-corrected chi connectivity index (χ4v) is 2.73. The molecule has 0 aliphatic carbocycles. The van der Waals surface area contributed by atoms with E-state index in [1.54, 1.807) is 18.3 Å². The third-order valence-electron chi connectivity index (χ3n) is 4.07. The topological polar surface area (TPSA) is 25.8 Å². The second-order valence-corrected chi connectivity index (χ2v) is 5.73. The van der Waals surface area contributed by atoms with Gasteiger partial charge >= 0.3 is 0 Å². The lowest BCUT2D eigenvalue weighted by Crippen LogP contribution is -1.88. The van der Waals surface area contributed by atoms with Gasteiger partial charge in [0.25, 0.3) is 0 Å². The van der Waals surface area contributed by atoms with Crippen LogP contribution in [0.25, 0.3) is 33.6 Å². The van der Waals surface area contributed by atoms with Crippen molar-refractivity contribution in [1.29, 1.82) is 0 Å². The van der Waals surface area contributed by atoms with Gasteiger partial charge < -0.3 is 0 Å². The minimum atomic E-state index is -0.237. The third kappa shape index (κ3) is 3.31. The van der Waals surface area contributed by atoms with Crippen LogP contribution in [0.15, 0.2) is 91.3 Å². The van der Waals surface area contributed by atoms with E-state index >= 15 is 0 Å². The molecule has 0 aliphatic rings. The van der Waals surface area contributed by atoms with Crippen LogP contribution >= 0.6 is 0 Å². The van der Waals surface area contributed by atoms with E-state index in [2.05, 4.69) is 9.97 Å². The summed E-state index contributed by atoms with van der Waals surface area (Å²) < 4.78 is 13.0. The van der Waals surface area contributed by atoms with E-state index in [9.17, 15) is 4.39 Å². The highest BCUT2D eigenvalue weighted by atomic mass is 19.1. The molecule has 0 fully saturated rings. The lowest BCUT2D eigenvalue weighted by Gasteiger charge is -2.06. The molecule has 0 radical (unpaired) electrons. The van der Waals surface area contributed by atoms with E-state index in [1.165, 1.54) is 12.1 Å². The van der Waals surface area contributed by atoms with E-state index in [-0.39, 0.29) is 5.82 Å². The lowest BCUT2D eigenvalue weighted by atomic mass is 10.0. The van der Waals surface area contributed by atoms with Crippen LogP contribution in [0.5, 0.6) is 0 Å².